The highest BCUT2D eigenvalue weighted by Gasteiger charge is 2.40. The fraction of sp³-hybridized carbons (Fsp3) is 0.462. The third-order valence-corrected chi connectivity index (χ3v) is 3.19. The highest BCUT2D eigenvalue weighted by Crippen LogP contribution is 2.40. The van der Waals surface area contributed by atoms with Crippen LogP contribution >= 0.6 is 0 Å². The van der Waals surface area contributed by atoms with Crippen molar-refractivity contribution in [3.05, 3.63) is 29.3 Å². The van der Waals surface area contributed by atoms with Gasteiger partial charge in [0.2, 0.25) is 0 Å². The normalized spacial score (nSPS) is 26.4. The van der Waals surface area contributed by atoms with Gasteiger partial charge in [-0.15, -0.1) is 0 Å². The molecule has 3 nitrogen and oxygen atoms in total. The van der Waals surface area contributed by atoms with E-state index in [-0.39, 0.29) is 5.92 Å². The third kappa shape index (κ3) is 1.56. The topological polar surface area (TPSA) is 53.2 Å². The zero-order valence-electron chi connectivity index (χ0n) is 9.69. The smallest absolute Gasteiger partial charge is 0.130 e. The molecule has 0 radical (unpaired) electrons. The lowest BCUT2D eigenvalue weighted by Gasteiger charge is -2.40. The zero-order valence-corrected chi connectivity index (χ0v) is 9.69. The summed E-state index contributed by atoms with van der Waals surface area (Å²) in [5.74, 6) is 0.744. The molecule has 3 heteroatoms. The zero-order chi connectivity index (χ0) is 11.9. The van der Waals surface area contributed by atoms with Gasteiger partial charge in [0.25, 0.3) is 0 Å². The molecule has 84 valence electrons. The van der Waals surface area contributed by atoms with E-state index < -0.39 is 11.7 Å². The van der Waals surface area contributed by atoms with Crippen molar-refractivity contribution >= 4 is 0 Å². The molecule has 1 aliphatic rings. The van der Waals surface area contributed by atoms with E-state index in [4.69, 9.17) is 10.00 Å². The number of hydrogen-bond donors (Lipinski definition) is 1. The van der Waals surface area contributed by atoms with E-state index in [0.717, 1.165) is 11.3 Å². The second-order valence-corrected chi connectivity index (χ2v) is 4.80. The molecule has 0 bridgehead atoms. The number of nitrogens with zero attached hydrogens (tertiary/aromatic N) is 1. The van der Waals surface area contributed by atoms with Crippen LogP contribution in [0.5, 0.6) is 5.75 Å². The van der Waals surface area contributed by atoms with Crippen LogP contribution in [0.4, 0.5) is 0 Å². The van der Waals surface area contributed by atoms with Crippen LogP contribution in [0.1, 0.15) is 37.8 Å². The number of rotatable bonds is 0. The summed E-state index contributed by atoms with van der Waals surface area (Å²) < 4.78 is 5.74. The lowest BCUT2D eigenvalue weighted by molar-refractivity contribution is -0.0549. The Bertz CT molecular complexity index is 459. The largest absolute Gasteiger partial charge is 0.485 e. The van der Waals surface area contributed by atoms with E-state index >= 15 is 0 Å². The van der Waals surface area contributed by atoms with Gasteiger partial charge < -0.3 is 9.84 Å². The number of ether oxygens (including phenoxy) is 1. The van der Waals surface area contributed by atoms with Crippen LogP contribution in [0.2, 0.25) is 0 Å². The maximum Gasteiger partial charge on any atom is 0.130 e. The quantitative estimate of drug-likeness (QED) is 0.724. The summed E-state index contributed by atoms with van der Waals surface area (Å²) in [6, 6.07) is 7.43. The summed E-state index contributed by atoms with van der Waals surface area (Å²) in [5, 5.41) is 18.9. The van der Waals surface area contributed by atoms with Crippen molar-refractivity contribution in [2.45, 2.75) is 38.4 Å². The molecular weight excluding hydrogens is 202 g/mol. The lowest BCUT2D eigenvalue weighted by Crippen LogP contribution is -2.48. The van der Waals surface area contributed by atoms with Gasteiger partial charge in [0, 0.05) is 11.5 Å². The van der Waals surface area contributed by atoms with Gasteiger partial charge in [-0.3, -0.25) is 0 Å². The molecule has 0 amide bonds. The van der Waals surface area contributed by atoms with Crippen molar-refractivity contribution in [3.8, 4) is 11.8 Å². The fourth-order valence-corrected chi connectivity index (χ4v) is 2.18. The van der Waals surface area contributed by atoms with Crippen LogP contribution < -0.4 is 4.74 Å². The molecule has 2 rings (SSSR count). The first-order valence-electron chi connectivity index (χ1n) is 5.37. The van der Waals surface area contributed by atoms with Crippen molar-refractivity contribution in [1.82, 2.24) is 0 Å². The first-order valence-corrected chi connectivity index (χ1v) is 5.37. The predicted molar refractivity (Wildman–Crippen MR) is 60.3 cm³/mol. The minimum Gasteiger partial charge on any atom is -0.485 e. The van der Waals surface area contributed by atoms with Gasteiger partial charge in [-0.05, 0) is 32.0 Å². The summed E-state index contributed by atoms with van der Waals surface area (Å²) in [7, 11) is 0. The number of fused-ring (bicyclic) bond motifs is 1. The van der Waals surface area contributed by atoms with Crippen molar-refractivity contribution in [3.63, 3.8) is 0 Å². The Kier molecular flexibility index (Phi) is 2.40. The van der Waals surface area contributed by atoms with Crippen LogP contribution in [0.25, 0.3) is 0 Å². The van der Waals surface area contributed by atoms with Crippen molar-refractivity contribution < 1.29 is 9.84 Å². The van der Waals surface area contributed by atoms with Crippen LogP contribution in [0, 0.1) is 11.3 Å². The Morgan fingerprint density at radius 3 is 2.75 bits per heavy atom. The molecular formula is C13H15NO2. The molecule has 1 aliphatic heterocycles. The van der Waals surface area contributed by atoms with Crippen molar-refractivity contribution in [1.29, 1.82) is 5.26 Å². The molecule has 1 N–H and O–H groups in total. The van der Waals surface area contributed by atoms with E-state index in [0.29, 0.717) is 5.56 Å². The maximum atomic E-state index is 10.1. The van der Waals surface area contributed by atoms with Crippen molar-refractivity contribution in [2.75, 3.05) is 0 Å². The maximum absolute atomic E-state index is 10.1. The number of hydrogen-bond acceptors (Lipinski definition) is 3. The number of nitriles is 1. The summed E-state index contributed by atoms with van der Waals surface area (Å²) in [6.45, 7) is 5.69. The average molecular weight is 217 g/mol. The second-order valence-electron chi connectivity index (χ2n) is 4.80. The Morgan fingerprint density at radius 1 is 1.44 bits per heavy atom. The van der Waals surface area contributed by atoms with Gasteiger partial charge in [0.15, 0.2) is 0 Å². The molecule has 2 atom stereocenters. The molecule has 0 saturated heterocycles. The molecule has 1 aromatic carbocycles. The summed E-state index contributed by atoms with van der Waals surface area (Å²) in [6.07, 6.45) is -0.561. The fourth-order valence-electron chi connectivity index (χ4n) is 2.18. The monoisotopic (exact) mass is 217 g/mol. The van der Waals surface area contributed by atoms with Gasteiger partial charge in [0.1, 0.15) is 11.4 Å². The Morgan fingerprint density at radius 2 is 2.12 bits per heavy atom. The number of benzene rings is 1. The minimum atomic E-state index is -0.583. The summed E-state index contributed by atoms with van der Waals surface area (Å²) in [5.41, 5.74) is 0.924. The van der Waals surface area contributed by atoms with Crippen LogP contribution in [-0.4, -0.2) is 16.8 Å². The average Bonchev–Trinajstić information content (AvgIpc) is 2.25. The number of aliphatic hydroxyl groups excluding tert-OH is 1. The molecule has 0 fully saturated rings. The van der Waals surface area contributed by atoms with Crippen LogP contribution in [0.3, 0.4) is 0 Å². The highest BCUT2D eigenvalue weighted by molar-refractivity contribution is 5.46. The second kappa shape index (κ2) is 3.50. The minimum absolute atomic E-state index is 0.0213. The van der Waals surface area contributed by atoms with Crippen molar-refractivity contribution in [2.24, 2.45) is 0 Å². The van der Waals surface area contributed by atoms with E-state index in [1.165, 1.54) is 0 Å². The molecule has 1 heterocycles. The molecule has 0 saturated carbocycles. The number of aliphatic hydroxyl groups is 1. The van der Waals surface area contributed by atoms with Gasteiger partial charge in [-0.1, -0.05) is 6.92 Å². The Labute approximate surface area is 95.3 Å². The van der Waals surface area contributed by atoms with Gasteiger partial charge >= 0.3 is 0 Å². The van der Waals surface area contributed by atoms with E-state index in [1.807, 2.05) is 20.8 Å². The Hall–Kier alpha value is -1.53. The van der Waals surface area contributed by atoms with Crippen LogP contribution in [-0.2, 0) is 0 Å². The molecule has 0 aromatic heterocycles. The third-order valence-electron chi connectivity index (χ3n) is 3.19. The highest BCUT2D eigenvalue weighted by atomic mass is 16.5. The summed E-state index contributed by atoms with van der Waals surface area (Å²) in [4.78, 5) is 0. The molecule has 0 spiro atoms. The molecule has 1 aromatic rings. The SMILES string of the molecule is CC1c2cc(C#N)ccc2OC(C)(C)C1O. The lowest BCUT2D eigenvalue weighted by atomic mass is 9.82. The van der Waals surface area contributed by atoms with Gasteiger partial charge in [0.05, 0.1) is 17.7 Å². The molecule has 16 heavy (non-hydrogen) atoms. The summed E-state index contributed by atoms with van der Waals surface area (Å²) >= 11 is 0. The van der Waals surface area contributed by atoms with E-state index in [9.17, 15) is 5.11 Å². The van der Waals surface area contributed by atoms with Gasteiger partial charge in [-0.2, -0.15) is 5.26 Å². The predicted octanol–water partition coefficient (Wildman–Crippen LogP) is 2.19. The first-order chi connectivity index (χ1) is 7.45. The first kappa shape index (κ1) is 11.0. The van der Waals surface area contributed by atoms with E-state index in [2.05, 4.69) is 6.07 Å². The molecule has 2 unspecified atom stereocenters. The molecule has 0 aliphatic carbocycles. The van der Waals surface area contributed by atoms with Gasteiger partial charge in [-0.25, -0.2) is 0 Å². The van der Waals surface area contributed by atoms with E-state index in [1.54, 1.807) is 18.2 Å². The van der Waals surface area contributed by atoms with Crippen LogP contribution in [0.15, 0.2) is 18.2 Å². The Balaban J connectivity index is 2.52. The standard InChI is InChI=1S/C13H15NO2/c1-8-10-6-9(7-14)4-5-11(10)16-13(2,3)12(8)15/h4-6,8,12,15H,1-3H3.